The summed E-state index contributed by atoms with van der Waals surface area (Å²) in [5.74, 6) is 0.532. The van der Waals surface area contributed by atoms with Gasteiger partial charge in [-0.25, -0.2) is 9.97 Å². The zero-order valence-electron chi connectivity index (χ0n) is 18.5. The molecule has 0 radical (unpaired) electrons. The molecule has 0 aliphatic carbocycles. The standard InChI is InChI=1S/C25H23N4O4P/c1-2-33-34(32,23-12-4-3-5-13-23)17-19-8-6-10-21(14-19)28-25-16-24(26-18-27-25)20-9-7-11-22(15-20)29(30)31/h3-16,18H,2,17H2,1H3,(H,26,27,28). The van der Waals surface area contributed by atoms with Crippen molar-refractivity contribution >= 4 is 29.9 Å². The molecule has 1 unspecified atom stereocenters. The number of nitro groups is 1. The van der Waals surface area contributed by atoms with E-state index in [-0.39, 0.29) is 11.8 Å². The van der Waals surface area contributed by atoms with Crippen molar-refractivity contribution in [2.24, 2.45) is 0 Å². The molecule has 1 N–H and O–H groups in total. The number of aromatic nitrogens is 2. The predicted molar refractivity (Wildman–Crippen MR) is 133 cm³/mol. The van der Waals surface area contributed by atoms with Gasteiger partial charge in [0.15, 0.2) is 0 Å². The Morgan fingerprint density at radius 3 is 2.53 bits per heavy atom. The Labute approximate surface area is 197 Å². The van der Waals surface area contributed by atoms with Gasteiger partial charge in [-0.05, 0) is 36.8 Å². The lowest BCUT2D eigenvalue weighted by Gasteiger charge is -2.19. The Morgan fingerprint density at radius 1 is 0.971 bits per heavy atom. The van der Waals surface area contributed by atoms with Crippen LogP contribution in [0.3, 0.4) is 0 Å². The highest BCUT2D eigenvalue weighted by atomic mass is 31.2. The quantitative estimate of drug-likeness (QED) is 0.182. The zero-order chi connectivity index (χ0) is 24.0. The van der Waals surface area contributed by atoms with Gasteiger partial charge in [0.1, 0.15) is 12.1 Å². The van der Waals surface area contributed by atoms with Crippen molar-refractivity contribution in [1.82, 2.24) is 9.97 Å². The first-order chi connectivity index (χ1) is 16.5. The molecule has 9 heteroatoms. The van der Waals surface area contributed by atoms with Gasteiger partial charge in [-0.1, -0.05) is 42.5 Å². The largest absolute Gasteiger partial charge is 0.340 e. The summed E-state index contributed by atoms with van der Waals surface area (Å²) in [5.41, 5.74) is 2.79. The molecule has 4 aromatic rings. The molecule has 172 valence electrons. The summed E-state index contributed by atoms with van der Waals surface area (Å²) in [5, 5.41) is 15.0. The average molecular weight is 474 g/mol. The van der Waals surface area contributed by atoms with Crippen LogP contribution >= 0.6 is 7.37 Å². The summed E-state index contributed by atoms with van der Waals surface area (Å²) in [6, 6.07) is 24.8. The molecule has 8 nitrogen and oxygen atoms in total. The SMILES string of the molecule is CCOP(=O)(Cc1cccc(Nc2cc(-c3cccc([N+](=O)[O-])c3)ncn2)c1)c1ccccc1. The summed E-state index contributed by atoms with van der Waals surface area (Å²) in [6.45, 7) is 2.19. The van der Waals surface area contributed by atoms with Crippen LogP contribution < -0.4 is 10.6 Å². The fourth-order valence-electron chi connectivity index (χ4n) is 3.57. The molecule has 4 rings (SSSR count). The van der Waals surface area contributed by atoms with Crippen LogP contribution in [0.1, 0.15) is 12.5 Å². The maximum Gasteiger partial charge on any atom is 0.270 e. The van der Waals surface area contributed by atoms with Gasteiger partial charge in [0.2, 0.25) is 7.37 Å². The highest BCUT2D eigenvalue weighted by Gasteiger charge is 2.25. The second-order valence-corrected chi connectivity index (χ2v) is 9.94. The third-order valence-electron chi connectivity index (χ3n) is 5.10. The van der Waals surface area contributed by atoms with Gasteiger partial charge in [-0.3, -0.25) is 14.7 Å². The smallest absolute Gasteiger partial charge is 0.270 e. The van der Waals surface area contributed by atoms with Crippen LogP contribution in [-0.4, -0.2) is 21.5 Å². The lowest BCUT2D eigenvalue weighted by molar-refractivity contribution is -0.384. The number of rotatable bonds is 9. The summed E-state index contributed by atoms with van der Waals surface area (Å²) in [6.07, 6.45) is 1.67. The summed E-state index contributed by atoms with van der Waals surface area (Å²) >= 11 is 0. The summed E-state index contributed by atoms with van der Waals surface area (Å²) in [4.78, 5) is 19.2. The van der Waals surface area contributed by atoms with Crippen molar-refractivity contribution in [2.75, 3.05) is 11.9 Å². The molecule has 0 fully saturated rings. The van der Waals surface area contributed by atoms with E-state index in [0.717, 1.165) is 11.3 Å². The minimum absolute atomic E-state index is 0.00420. The molecule has 0 aliphatic rings. The molecular weight excluding hydrogens is 451 g/mol. The summed E-state index contributed by atoms with van der Waals surface area (Å²) in [7, 11) is -3.07. The Balaban J connectivity index is 1.56. The molecule has 3 aromatic carbocycles. The maximum atomic E-state index is 13.6. The second-order valence-electron chi connectivity index (χ2n) is 7.51. The first kappa shape index (κ1) is 23.3. The van der Waals surface area contributed by atoms with E-state index in [1.807, 2.05) is 61.5 Å². The minimum Gasteiger partial charge on any atom is -0.340 e. The Morgan fingerprint density at radius 2 is 1.76 bits per heavy atom. The molecule has 0 spiro atoms. The lowest BCUT2D eigenvalue weighted by atomic mass is 10.1. The fourth-order valence-corrected chi connectivity index (χ4v) is 5.72. The number of nitrogens with zero attached hydrogens (tertiary/aromatic N) is 3. The zero-order valence-corrected chi connectivity index (χ0v) is 19.4. The van der Waals surface area contributed by atoms with Crippen molar-refractivity contribution in [3.05, 3.63) is 107 Å². The van der Waals surface area contributed by atoms with Gasteiger partial charge >= 0.3 is 0 Å². The molecule has 0 aliphatic heterocycles. The molecule has 1 atom stereocenters. The Kier molecular flexibility index (Phi) is 7.11. The van der Waals surface area contributed by atoms with Gasteiger partial charge in [-0.2, -0.15) is 0 Å². The van der Waals surface area contributed by atoms with Gasteiger partial charge in [0.05, 0.1) is 23.4 Å². The van der Waals surface area contributed by atoms with Crippen molar-refractivity contribution < 1.29 is 14.0 Å². The van der Waals surface area contributed by atoms with Crippen LogP contribution in [0.4, 0.5) is 17.2 Å². The Hall–Kier alpha value is -3.87. The third kappa shape index (κ3) is 5.54. The van der Waals surface area contributed by atoms with Gasteiger partial charge in [0.25, 0.3) is 5.69 Å². The maximum absolute atomic E-state index is 13.6. The molecule has 0 saturated carbocycles. The summed E-state index contributed by atoms with van der Waals surface area (Å²) < 4.78 is 19.4. The number of non-ortho nitro benzene ring substituents is 1. The van der Waals surface area contributed by atoms with E-state index in [0.29, 0.717) is 29.0 Å². The van der Waals surface area contributed by atoms with Crippen LogP contribution in [0.2, 0.25) is 0 Å². The van der Waals surface area contributed by atoms with E-state index in [1.165, 1.54) is 18.5 Å². The fraction of sp³-hybridized carbons (Fsp3) is 0.120. The highest BCUT2D eigenvalue weighted by Crippen LogP contribution is 2.49. The third-order valence-corrected chi connectivity index (χ3v) is 7.64. The molecule has 0 bridgehead atoms. The number of nitrogens with one attached hydrogen (secondary N) is 1. The van der Waals surface area contributed by atoms with E-state index in [9.17, 15) is 14.7 Å². The van der Waals surface area contributed by atoms with Gasteiger partial charge in [-0.15, -0.1) is 0 Å². The van der Waals surface area contributed by atoms with E-state index in [2.05, 4.69) is 15.3 Å². The lowest BCUT2D eigenvalue weighted by Crippen LogP contribution is -2.09. The van der Waals surface area contributed by atoms with Crippen LogP contribution in [0, 0.1) is 10.1 Å². The Bertz CT molecular complexity index is 1350. The van der Waals surface area contributed by atoms with Crippen LogP contribution in [0.25, 0.3) is 11.3 Å². The average Bonchev–Trinajstić information content (AvgIpc) is 2.85. The first-order valence-electron chi connectivity index (χ1n) is 10.7. The molecule has 1 heterocycles. The van der Waals surface area contributed by atoms with Crippen molar-refractivity contribution in [1.29, 1.82) is 0 Å². The van der Waals surface area contributed by atoms with Gasteiger partial charge < -0.3 is 9.84 Å². The molecule has 0 saturated heterocycles. The normalized spacial score (nSPS) is 12.6. The first-order valence-corrected chi connectivity index (χ1v) is 12.5. The molecule has 0 amide bonds. The number of hydrogen-bond donors (Lipinski definition) is 1. The van der Waals surface area contributed by atoms with Crippen molar-refractivity contribution in [2.45, 2.75) is 13.1 Å². The predicted octanol–water partition coefficient (Wildman–Crippen LogP) is 5.94. The van der Waals surface area contributed by atoms with E-state index >= 15 is 0 Å². The number of hydrogen-bond acceptors (Lipinski definition) is 7. The number of nitro benzene ring substituents is 1. The molecule has 1 aromatic heterocycles. The second kappa shape index (κ2) is 10.4. The van der Waals surface area contributed by atoms with E-state index in [4.69, 9.17) is 4.52 Å². The molecule has 34 heavy (non-hydrogen) atoms. The van der Waals surface area contributed by atoms with Crippen LogP contribution in [-0.2, 0) is 15.3 Å². The number of anilines is 2. The van der Waals surface area contributed by atoms with E-state index in [1.54, 1.807) is 18.2 Å². The monoisotopic (exact) mass is 474 g/mol. The molecular formula is C25H23N4O4P. The van der Waals surface area contributed by atoms with E-state index < -0.39 is 12.3 Å². The highest BCUT2D eigenvalue weighted by molar-refractivity contribution is 7.66. The topological polar surface area (TPSA) is 107 Å². The minimum atomic E-state index is -3.07. The number of benzene rings is 3. The van der Waals surface area contributed by atoms with Crippen molar-refractivity contribution in [3.63, 3.8) is 0 Å². The van der Waals surface area contributed by atoms with Crippen LogP contribution in [0.5, 0.6) is 0 Å². The van der Waals surface area contributed by atoms with Crippen LogP contribution in [0.15, 0.2) is 91.3 Å². The van der Waals surface area contributed by atoms with Gasteiger partial charge in [0, 0.05) is 34.8 Å². The van der Waals surface area contributed by atoms with Crippen molar-refractivity contribution in [3.8, 4) is 11.3 Å².